The maximum absolute atomic E-state index is 12.3. The van der Waals surface area contributed by atoms with Gasteiger partial charge < -0.3 is 14.9 Å². The molecule has 0 aromatic heterocycles. The number of hydrazone groups is 1. The van der Waals surface area contributed by atoms with Gasteiger partial charge in [0.15, 0.2) is 0 Å². The van der Waals surface area contributed by atoms with Crippen molar-refractivity contribution < 1.29 is 19.7 Å². The van der Waals surface area contributed by atoms with E-state index in [2.05, 4.69) is 44.6 Å². The van der Waals surface area contributed by atoms with E-state index in [4.69, 9.17) is 16.3 Å². The van der Waals surface area contributed by atoms with Crippen LogP contribution >= 0.6 is 11.6 Å². The van der Waals surface area contributed by atoms with Crippen molar-refractivity contribution in [2.75, 3.05) is 39.3 Å². The molecular formula is C29H33ClN4O4. The Balaban J connectivity index is 1.25. The minimum atomic E-state index is -0.746. The van der Waals surface area contributed by atoms with Gasteiger partial charge in [-0.15, -0.1) is 0 Å². The summed E-state index contributed by atoms with van der Waals surface area (Å²) in [5, 5.41) is 23.9. The second kappa shape index (κ2) is 13.4. The minimum absolute atomic E-state index is 0.0823. The Labute approximate surface area is 228 Å². The summed E-state index contributed by atoms with van der Waals surface area (Å²) in [6, 6.07) is 20.1. The molecule has 1 saturated heterocycles. The highest BCUT2D eigenvalue weighted by molar-refractivity contribution is 6.32. The number of amides is 1. The SMILES string of the molecule is CC(O)c1cc(OCCN2CCN(Cc3ccccc3)CC2)ccc1/C=N/NC(=O)c1ccc(O)c(Cl)c1. The highest BCUT2D eigenvalue weighted by Crippen LogP contribution is 2.24. The number of rotatable bonds is 10. The van der Waals surface area contributed by atoms with Crippen molar-refractivity contribution in [2.24, 2.45) is 5.10 Å². The summed E-state index contributed by atoms with van der Waals surface area (Å²) >= 11 is 5.86. The quantitative estimate of drug-likeness (QED) is 0.267. The van der Waals surface area contributed by atoms with Crippen molar-refractivity contribution in [3.05, 3.63) is 94.0 Å². The summed E-state index contributed by atoms with van der Waals surface area (Å²) in [5.74, 6) is 0.100. The lowest BCUT2D eigenvalue weighted by Gasteiger charge is -2.34. The Morgan fingerprint density at radius 1 is 1.08 bits per heavy atom. The molecule has 0 aliphatic carbocycles. The summed E-state index contributed by atoms with van der Waals surface area (Å²) in [6.07, 6.45) is 0.727. The third-order valence-corrected chi connectivity index (χ3v) is 6.78. The number of halogens is 1. The third kappa shape index (κ3) is 7.79. The molecule has 0 bridgehead atoms. The Bertz CT molecular complexity index is 1240. The molecule has 1 heterocycles. The van der Waals surface area contributed by atoms with E-state index in [1.165, 1.54) is 30.0 Å². The number of hydrogen-bond donors (Lipinski definition) is 3. The number of phenolic OH excluding ortho intramolecular Hbond substituents is 1. The lowest BCUT2D eigenvalue weighted by molar-refractivity contribution is 0.0955. The molecule has 1 amide bonds. The van der Waals surface area contributed by atoms with Crippen LogP contribution in [-0.2, 0) is 6.54 Å². The monoisotopic (exact) mass is 536 g/mol. The number of piperazine rings is 1. The summed E-state index contributed by atoms with van der Waals surface area (Å²) in [5.41, 5.74) is 5.34. The van der Waals surface area contributed by atoms with Gasteiger partial charge in [-0.2, -0.15) is 5.10 Å². The van der Waals surface area contributed by atoms with E-state index in [1.807, 2.05) is 12.1 Å². The van der Waals surface area contributed by atoms with E-state index in [0.717, 1.165) is 39.3 Å². The van der Waals surface area contributed by atoms with Crippen LogP contribution in [0.2, 0.25) is 5.02 Å². The zero-order valence-corrected chi connectivity index (χ0v) is 22.1. The highest BCUT2D eigenvalue weighted by Gasteiger charge is 2.17. The van der Waals surface area contributed by atoms with Gasteiger partial charge >= 0.3 is 0 Å². The maximum atomic E-state index is 12.3. The van der Waals surface area contributed by atoms with Crippen LogP contribution in [0.5, 0.6) is 11.5 Å². The van der Waals surface area contributed by atoms with Crippen LogP contribution in [0.4, 0.5) is 0 Å². The number of carbonyl (C=O) groups excluding carboxylic acids is 1. The van der Waals surface area contributed by atoms with Crippen LogP contribution in [-0.4, -0.2) is 71.5 Å². The molecule has 0 saturated carbocycles. The molecule has 1 aliphatic rings. The van der Waals surface area contributed by atoms with Crippen LogP contribution in [0.15, 0.2) is 71.8 Å². The van der Waals surface area contributed by atoms with Gasteiger partial charge in [0, 0.05) is 50.4 Å². The molecule has 3 N–H and O–H groups in total. The number of phenols is 1. The van der Waals surface area contributed by atoms with Gasteiger partial charge in [0.2, 0.25) is 0 Å². The Morgan fingerprint density at radius 2 is 1.82 bits per heavy atom. The lowest BCUT2D eigenvalue weighted by atomic mass is 10.0. The lowest BCUT2D eigenvalue weighted by Crippen LogP contribution is -2.47. The Hall–Kier alpha value is -3.43. The molecule has 200 valence electrons. The number of aromatic hydroxyl groups is 1. The van der Waals surface area contributed by atoms with Crippen LogP contribution in [0.25, 0.3) is 0 Å². The predicted molar refractivity (Wildman–Crippen MR) is 149 cm³/mol. The van der Waals surface area contributed by atoms with Crippen molar-refractivity contribution in [2.45, 2.75) is 19.6 Å². The molecule has 8 nitrogen and oxygen atoms in total. The highest BCUT2D eigenvalue weighted by atomic mass is 35.5. The second-order valence-corrected chi connectivity index (χ2v) is 9.69. The van der Waals surface area contributed by atoms with E-state index >= 15 is 0 Å². The van der Waals surface area contributed by atoms with Crippen molar-refractivity contribution in [1.29, 1.82) is 0 Å². The minimum Gasteiger partial charge on any atom is -0.506 e. The summed E-state index contributed by atoms with van der Waals surface area (Å²) < 4.78 is 5.98. The summed E-state index contributed by atoms with van der Waals surface area (Å²) in [6.45, 7) is 8.12. The van der Waals surface area contributed by atoms with Gasteiger partial charge in [-0.1, -0.05) is 41.9 Å². The predicted octanol–water partition coefficient (Wildman–Crippen LogP) is 4.06. The first kappa shape index (κ1) is 27.6. The average molecular weight is 537 g/mol. The van der Waals surface area contributed by atoms with Gasteiger partial charge in [-0.05, 0) is 54.4 Å². The number of aliphatic hydroxyl groups excluding tert-OH is 1. The van der Waals surface area contributed by atoms with E-state index in [-0.39, 0.29) is 16.3 Å². The molecule has 1 aliphatic heterocycles. The van der Waals surface area contributed by atoms with E-state index < -0.39 is 12.0 Å². The number of hydrogen-bond acceptors (Lipinski definition) is 7. The van der Waals surface area contributed by atoms with Crippen molar-refractivity contribution >= 4 is 23.7 Å². The molecule has 1 unspecified atom stereocenters. The average Bonchev–Trinajstić information content (AvgIpc) is 2.92. The molecule has 1 fully saturated rings. The number of ether oxygens (including phenoxy) is 1. The first-order chi connectivity index (χ1) is 18.4. The van der Waals surface area contributed by atoms with Crippen LogP contribution in [0, 0.1) is 0 Å². The fourth-order valence-corrected chi connectivity index (χ4v) is 4.48. The van der Waals surface area contributed by atoms with Gasteiger partial charge in [-0.25, -0.2) is 5.43 Å². The van der Waals surface area contributed by atoms with Gasteiger partial charge in [0.25, 0.3) is 5.91 Å². The molecule has 1 atom stereocenters. The van der Waals surface area contributed by atoms with Crippen LogP contribution in [0.3, 0.4) is 0 Å². The van der Waals surface area contributed by atoms with E-state index in [0.29, 0.717) is 23.5 Å². The smallest absolute Gasteiger partial charge is 0.271 e. The first-order valence-electron chi connectivity index (χ1n) is 12.6. The van der Waals surface area contributed by atoms with Crippen molar-refractivity contribution in [1.82, 2.24) is 15.2 Å². The molecular weight excluding hydrogens is 504 g/mol. The molecule has 3 aromatic rings. The summed E-state index contributed by atoms with van der Waals surface area (Å²) in [4.78, 5) is 17.2. The van der Waals surface area contributed by atoms with Gasteiger partial charge in [0.1, 0.15) is 18.1 Å². The standard InChI is InChI=1S/C29H33ClN4O4/c1-21(35)26-18-25(9-7-24(26)19-31-32-29(37)23-8-10-28(36)27(30)17-23)38-16-15-33-11-13-34(14-12-33)20-22-5-3-2-4-6-22/h2-10,17-19,21,35-36H,11-16,20H2,1H3,(H,32,37)/b31-19+. The van der Waals surface area contributed by atoms with Gasteiger partial charge in [0.05, 0.1) is 17.3 Å². The number of nitrogens with one attached hydrogen (secondary N) is 1. The van der Waals surface area contributed by atoms with E-state index in [9.17, 15) is 15.0 Å². The van der Waals surface area contributed by atoms with Crippen LogP contribution in [0.1, 0.15) is 40.1 Å². The van der Waals surface area contributed by atoms with Crippen molar-refractivity contribution in [3.63, 3.8) is 0 Å². The molecule has 38 heavy (non-hydrogen) atoms. The molecule has 0 radical (unpaired) electrons. The number of aliphatic hydroxyl groups is 1. The zero-order chi connectivity index (χ0) is 26.9. The summed E-state index contributed by atoms with van der Waals surface area (Å²) in [7, 11) is 0. The second-order valence-electron chi connectivity index (χ2n) is 9.28. The van der Waals surface area contributed by atoms with E-state index in [1.54, 1.807) is 19.1 Å². The fourth-order valence-electron chi connectivity index (χ4n) is 4.30. The molecule has 3 aromatic carbocycles. The number of benzene rings is 3. The van der Waals surface area contributed by atoms with Crippen LogP contribution < -0.4 is 10.2 Å². The van der Waals surface area contributed by atoms with Crippen molar-refractivity contribution in [3.8, 4) is 11.5 Å². The largest absolute Gasteiger partial charge is 0.506 e. The zero-order valence-electron chi connectivity index (χ0n) is 21.4. The fraction of sp³-hybridized carbons (Fsp3) is 0.310. The molecule has 9 heteroatoms. The maximum Gasteiger partial charge on any atom is 0.271 e. The topological polar surface area (TPSA) is 97.6 Å². The molecule has 0 spiro atoms. The number of nitrogens with zero attached hydrogens (tertiary/aromatic N) is 3. The Kier molecular flexibility index (Phi) is 9.73. The third-order valence-electron chi connectivity index (χ3n) is 6.48. The Morgan fingerprint density at radius 3 is 2.53 bits per heavy atom. The molecule has 4 rings (SSSR count). The van der Waals surface area contributed by atoms with Gasteiger partial charge in [-0.3, -0.25) is 14.6 Å². The normalized spacial score (nSPS) is 15.4. The number of carbonyl (C=O) groups is 1. The first-order valence-corrected chi connectivity index (χ1v) is 13.0.